The van der Waals surface area contributed by atoms with Gasteiger partial charge in [-0.3, -0.25) is 0 Å². The Kier molecular flexibility index (Phi) is 4.93. The van der Waals surface area contributed by atoms with E-state index in [1.54, 1.807) is 18.2 Å². The Morgan fingerprint density at radius 3 is 2.69 bits per heavy atom. The maximum absolute atomic E-state index is 14.2. The average molecular weight is 356 g/mol. The highest BCUT2D eigenvalue weighted by atomic mass is 19.1. The molecule has 0 bridgehead atoms. The van der Waals surface area contributed by atoms with Crippen LogP contribution >= 0.6 is 0 Å². The van der Waals surface area contributed by atoms with Crippen molar-refractivity contribution in [1.29, 1.82) is 0 Å². The van der Waals surface area contributed by atoms with E-state index < -0.39 is 11.8 Å². The van der Waals surface area contributed by atoms with E-state index in [2.05, 4.69) is 23.8 Å². The number of carbonyl (C=O) groups is 1. The molecule has 0 atom stereocenters. The van der Waals surface area contributed by atoms with E-state index in [1.165, 1.54) is 20.3 Å². The summed E-state index contributed by atoms with van der Waals surface area (Å²) < 4.78 is 24.1. The van der Waals surface area contributed by atoms with Crippen molar-refractivity contribution >= 4 is 16.9 Å². The van der Waals surface area contributed by atoms with Crippen LogP contribution in [0.4, 0.5) is 4.39 Å². The summed E-state index contributed by atoms with van der Waals surface area (Å²) in [5.41, 5.74) is 3.76. The number of H-pyrrole nitrogens is 1. The van der Waals surface area contributed by atoms with Crippen molar-refractivity contribution in [2.75, 3.05) is 14.2 Å². The summed E-state index contributed by atoms with van der Waals surface area (Å²) in [7, 11) is 2.77. The first kappa shape index (κ1) is 17.9. The zero-order chi connectivity index (χ0) is 18.8. The number of aromatic nitrogens is 2. The molecule has 0 aliphatic heterocycles. The van der Waals surface area contributed by atoms with Gasteiger partial charge in [-0.2, -0.15) is 0 Å². The number of hydrogen-bond donors (Lipinski definition) is 1. The number of carbonyl (C=O) groups excluding carboxylic acids is 1. The number of fused-ring (bicyclic) bond motifs is 1. The van der Waals surface area contributed by atoms with Gasteiger partial charge in [-0.15, -0.1) is 0 Å². The SMILES string of the molecule is COC(=O)c1cccc(Cc2c(C(C)C)[nH]c3cc(OC)c(F)cc23)n1. The molecule has 0 radical (unpaired) electrons. The van der Waals surface area contributed by atoms with Crippen molar-refractivity contribution < 1.29 is 18.7 Å². The second-order valence-corrected chi connectivity index (χ2v) is 6.39. The van der Waals surface area contributed by atoms with E-state index >= 15 is 0 Å². The Labute approximate surface area is 151 Å². The van der Waals surface area contributed by atoms with Gasteiger partial charge in [0.15, 0.2) is 11.6 Å². The first-order valence-electron chi connectivity index (χ1n) is 8.36. The summed E-state index contributed by atoms with van der Waals surface area (Å²) in [5, 5.41) is 0.789. The zero-order valence-corrected chi connectivity index (χ0v) is 15.2. The van der Waals surface area contributed by atoms with Gasteiger partial charge in [0, 0.05) is 34.8 Å². The molecular weight excluding hydrogens is 335 g/mol. The van der Waals surface area contributed by atoms with Crippen molar-refractivity contribution in [1.82, 2.24) is 9.97 Å². The molecule has 26 heavy (non-hydrogen) atoms. The number of nitrogens with one attached hydrogen (secondary N) is 1. The first-order chi connectivity index (χ1) is 12.4. The molecule has 0 amide bonds. The number of benzene rings is 1. The van der Waals surface area contributed by atoms with Crippen LogP contribution in [0.25, 0.3) is 10.9 Å². The lowest BCUT2D eigenvalue weighted by molar-refractivity contribution is 0.0593. The van der Waals surface area contributed by atoms with Gasteiger partial charge < -0.3 is 14.5 Å². The highest BCUT2D eigenvalue weighted by molar-refractivity contribution is 5.88. The van der Waals surface area contributed by atoms with Gasteiger partial charge in [-0.05, 0) is 29.7 Å². The summed E-state index contributed by atoms with van der Waals surface area (Å²) in [6.07, 6.45) is 0.476. The van der Waals surface area contributed by atoms with Crippen molar-refractivity contribution in [3.05, 3.63) is 58.8 Å². The van der Waals surface area contributed by atoms with Gasteiger partial charge in [-0.1, -0.05) is 19.9 Å². The van der Waals surface area contributed by atoms with E-state index in [0.29, 0.717) is 12.1 Å². The zero-order valence-electron chi connectivity index (χ0n) is 15.2. The Morgan fingerprint density at radius 1 is 1.27 bits per heavy atom. The second kappa shape index (κ2) is 7.15. The molecule has 3 aromatic rings. The van der Waals surface area contributed by atoms with Gasteiger partial charge >= 0.3 is 5.97 Å². The normalized spacial score (nSPS) is 11.2. The molecule has 136 valence electrons. The molecule has 3 rings (SSSR count). The van der Waals surface area contributed by atoms with E-state index in [0.717, 1.165) is 22.2 Å². The third-order valence-corrected chi connectivity index (χ3v) is 4.35. The highest BCUT2D eigenvalue weighted by Gasteiger charge is 2.18. The molecule has 0 spiro atoms. The number of hydrogen-bond acceptors (Lipinski definition) is 4. The van der Waals surface area contributed by atoms with Gasteiger partial charge in [-0.25, -0.2) is 14.2 Å². The predicted molar refractivity (Wildman–Crippen MR) is 97.3 cm³/mol. The van der Waals surface area contributed by atoms with E-state index in [1.807, 2.05) is 6.07 Å². The Balaban J connectivity index is 2.10. The molecule has 5 nitrogen and oxygen atoms in total. The predicted octanol–water partition coefficient (Wildman–Crippen LogP) is 4.21. The maximum Gasteiger partial charge on any atom is 0.356 e. The molecule has 2 heterocycles. The number of aromatic amines is 1. The molecule has 0 saturated heterocycles. The first-order valence-corrected chi connectivity index (χ1v) is 8.36. The van der Waals surface area contributed by atoms with E-state index in [-0.39, 0.29) is 17.4 Å². The van der Waals surface area contributed by atoms with Crippen LogP contribution in [0.3, 0.4) is 0 Å². The number of halogens is 1. The standard InChI is InChI=1S/C20H21FN2O3/c1-11(2)19-14(8-12-6-5-7-16(22-12)20(24)26-4)13-9-15(21)18(25-3)10-17(13)23-19/h5-7,9-11,23H,8H2,1-4H3. The van der Waals surface area contributed by atoms with Crippen molar-refractivity contribution in [2.45, 2.75) is 26.2 Å². The molecule has 6 heteroatoms. The third-order valence-electron chi connectivity index (χ3n) is 4.35. The quantitative estimate of drug-likeness (QED) is 0.696. The Hall–Kier alpha value is -2.89. The van der Waals surface area contributed by atoms with Crippen molar-refractivity contribution in [3.63, 3.8) is 0 Å². The summed E-state index contributed by atoms with van der Waals surface area (Å²) in [5.74, 6) is -0.473. The Bertz CT molecular complexity index is 963. The van der Waals surface area contributed by atoms with Crippen LogP contribution in [0.15, 0.2) is 30.3 Å². The molecule has 0 aliphatic rings. The average Bonchev–Trinajstić information content (AvgIpc) is 2.98. The van der Waals surface area contributed by atoms with Crippen LogP contribution in [-0.4, -0.2) is 30.2 Å². The van der Waals surface area contributed by atoms with Crippen LogP contribution in [0.2, 0.25) is 0 Å². The van der Waals surface area contributed by atoms with E-state index in [4.69, 9.17) is 9.47 Å². The minimum atomic E-state index is -0.481. The number of nitrogens with zero attached hydrogens (tertiary/aromatic N) is 1. The topological polar surface area (TPSA) is 64.2 Å². The smallest absolute Gasteiger partial charge is 0.356 e. The number of esters is 1. The molecule has 1 N–H and O–H groups in total. The highest BCUT2D eigenvalue weighted by Crippen LogP contribution is 2.33. The minimum Gasteiger partial charge on any atom is -0.494 e. The van der Waals surface area contributed by atoms with Crippen LogP contribution in [0.1, 0.15) is 47.2 Å². The number of pyridine rings is 1. The number of ether oxygens (including phenoxy) is 2. The molecular formula is C20H21FN2O3. The van der Waals surface area contributed by atoms with Crippen LogP contribution in [-0.2, 0) is 11.2 Å². The number of methoxy groups -OCH3 is 2. The molecule has 0 saturated carbocycles. The second-order valence-electron chi connectivity index (χ2n) is 6.39. The molecule has 0 unspecified atom stereocenters. The fourth-order valence-corrected chi connectivity index (χ4v) is 3.09. The van der Waals surface area contributed by atoms with Gasteiger partial charge in [0.2, 0.25) is 0 Å². The van der Waals surface area contributed by atoms with Crippen LogP contribution < -0.4 is 4.74 Å². The van der Waals surface area contributed by atoms with Gasteiger partial charge in [0.25, 0.3) is 0 Å². The maximum atomic E-state index is 14.2. The molecule has 0 aliphatic carbocycles. The fraction of sp³-hybridized carbons (Fsp3) is 0.300. The van der Waals surface area contributed by atoms with Gasteiger partial charge in [0.1, 0.15) is 5.69 Å². The number of rotatable bonds is 5. The van der Waals surface area contributed by atoms with Crippen LogP contribution in [0, 0.1) is 5.82 Å². The summed E-state index contributed by atoms with van der Waals surface area (Å²) in [6.45, 7) is 4.14. The van der Waals surface area contributed by atoms with Crippen molar-refractivity contribution in [3.8, 4) is 5.75 Å². The molecule has 2 aromatic heterocycles. The molecule has 0 fully saturated rings. The fourth-order valence-electron chi connectivity index (χ4n) is 3.09. The lowest BCUT2D eigenvalue weighted by Gasteiger charge is -2.09. The summed E-state index contributed by atoms with van der Waals surface area (Å²) >= 11 is 0. The monoisotopic (exact) mass is 356 g/mol. The third kappa shape index (κ3) is 3.27. The Morgan fingerprint density at radius 2 is 2.04 bits per heavy atom. The largest absolute Gasteiger partial charge is 0.494 e. The van der Waals surface area contributed by atoms with E-state index in [9.17, 15) is 9.18 Å². The van der Waals surface area contributed by atoms with Gasteiger partial charge in [0.05, 0.1) is 14.2 Å². The summed E-state index contributed by atoms with van der Waals surface area (Å²) in [6, 6.07) is 8.37. The van der Waals surface area contributed by atoms with Crippen molar-refractivity contribution in [2.24, 2.45) is 0 Å². The molecule has 1 aromatic carbocycles. The minimum absolute atomic E-state index is 0.200. The lowest BCUT2D eigenvalue weighted by atomic mass is 9.99. The van der Waals surface area contributed by atoms with Crippen LogP contribution in [0.5, 0.6) is 5.75 Å². The lowest BCUT2D eigenvalue weighted by Crippen LogP contribution is -2.06. The summed E-state index contributed by atoms with van der Waals surface area (Å²) in [4.78, 5) is 19.5.